The van der Waals surface area contributed by atoms with E-state index >= 15 is 0 Å². The first kappa shape index (κ1) is 15.9. The van der Waals surface area contributed by atoms with Gasteiger partial charge in [-0.3, -0.25) is 0 Å². The molecule has 0 spiro atoms. The van der Waals surface area contributed by atoms with Crippen LogP contribution in [0.25, 0.3) is 0 Å². The summed E-state index contributed by atoms with van der Waals surface area (Å²) in [6.07, 6.45) is 0.111. The third-order valence-corrected chi connectivity index (χ3v) is 7.61. The first-order valence-electron chi connectivity index (χ1n) is 5.72. The van der Waals surface area contributed by atoms with Gasteiger partial charge in [0, 0.05) is 0 Å². The van der Waals surface area contributed by atoms with E-state index in [1.165, 1.54) is 13.8 Å². The van der Waals surface area contributed by atoms with Gasteiger partial charge in [-0.2, -0.15) is 0 Å². The van der Waals surface area contributed by atoms with E-state index in [4.69, 9.17) is 0 Å². The van der Waals surface area contributed by atoms with E-state index in [1.807, 2.05) is 0 Å². The van der Waals surface area contributed by atoms with Crippen LogP contribution < -0.4 is 4.72 Å². The maximum atomic E-state index is 12.1. The average molecular weight is 299 g/mol. The smallest absolute Gasteiger partial charge is 0.216 e. The van der Waals surface area contributed by atoms with Gasteiger partial charge in [0.1, 0.15) is 0 Å². The van der Waals surface area contributed by atoms with Crippen LogP contribution in [0.2, 0.25) is 0 Å². The fourth-order valence-corrected chi connectivity index (χ4v) is 6.16. The summed E-state index contributed by atoms with van der Waals surface area (Å²) in [6, 6.07) is 0. The Morgan fingerprint density at radius 1 is 1.22 bits per heavy atom. The summed E-state index contributed by atoms with van der Waals surface area (Å²) >= 11 is 0. The summed E-state index contributed by atoms with van der Waals surface area (Å²) in [6.45, 7) is 6.13. The predicted molar refractivity (Wildman–Crippen MR) is 69.5 cm³/mol. The van der Waals surface area contributed by atoms with Crippen molar-refractivity contribution in [1.82, 2.24) is 4.72 Å². The van der Waals surface area contributed by atoms with E-state index in [0.29, 0.717) is 0 Å². The molecule has 0 radical (unpaired) electrons. The SMILES string of the molecule is CC(C)(O)C(C)(C)NS(=O)(=O)C1CCS(=O)(=O)C1. The zero-order valence-electron chi connectivity index (χ0n) is 11.1. The van der Waals surface area contributed by atoms with Crippen molar-refractivity contribution in [3.05, 3.63) is 0 Å². The normalized spacial score (nSPS) is 25.3. The lowest BCUT2D eigenvalue weighted by Gasteiger charge is -2.38. The first-order valence-corrected chi connectivity index (χ1v) is 9.09. The van der Waals surface area contributed by atoms with E-state index in [0.717, 1.165) is 0 Å². The van der Waals surface area contributed by atoms with Crippen LogP contribution in [0.4, 0.5) is 0 Å². The molecule has 18 heavy (non-hydrogen) atoms. The minimum absolute atomic E-state index is 0.0957. The van der Waals surface area contributed by atoms with Crippen molar-refractivity contribution < 1.29 is 21.9 Å². The van der Waals surface area contributed by atoms with Crippen LogP contribution in [0, 0.1) is 0 Å². The Morgan fingerprint density at radius 2 is 1.72 bits per heavy atom. The quantitative estimate of drug-likeness (QED) is 0.738. The molecule has 0 saturated carbocycles. The molecule has 1 aliphatic rings. The standard InChI is InChI=1S/C10H21NO5S2/c1-9(2,10(3,4)12)11-18(15,16)8-5-6-17(13,14)7-8/h8,11-12H,5-7H2,1-4H3. The summed E-state index contributed by atoms with van der Waals surface area (Å²) in [5, 5.41) is 8.98. The summed E-state index contributed by atoms with van der Waals surface area (Å²) in [5.74, 6) is -0.439. The van der Waals surface area contributed by atoms with Crippen molar-refractivity contribution in [3.63, 3.8) is 0 Å². The number of hydrogen-bond acceptors (Lipinski definition) is 5. The van der Waals surface area contributed by atoms with Crippen molar-refractivity contribution in [2.24, 2.45) is 0 Å². The van der Waals surface area contributed by atoms with E-state index in [1.54, 1.807) is 13.8 Å². The Balaban J connectivity index is 2.91. The van der Waals surface area contributed by atoms with E-state index < -0.39 is 36.3 Å². The first-order chi connectivity index (χ1) is 7.77. The Morgan fingerprint density at radius 3 is 2.06 bits per heavy atom. The molecule has 0 aromatic rings. The molecule has 0 aromatic carbocycles. The fourth-order valence-electron chi connectivity index (χ4n) is 1.57. The molecule has 0 aliphatic carbocycles. The molecule has 108 valence electrons. The molecule has 1 aliphatic heterocycles. The molecule has 1 atom stereocenters. The minimum Gasteiger partial charge on any atom is -0.389 e. The molecule has 0 aromatic heterocycles. The van der Waals surface area contributed by atoms with E-state index in [-0.39, 0.29) is 17.9 Å². The zero-order chi connectivity index (χ0) is 14.4. The Bertz CT molecular complexity index is 513. The Hall–Kier alpha value is -0.180. The van der Waals surface area contributed by atoms with Gasteiger partial charge in [-0.1, -0.05) is 0 Å². The molecular formula is C10H21NO5S2. The third kappa shape index (κ3) is 3.43. The van der Waals surface area contributed by atoms with Crippen LogP contribution >= 0.6 is 0 Å². The zero-order valence-corrected chi connectivity index (χ0v) is 12.7. The molecular weight excluding hydrogens is 278 g/mol. The van der Waals surface area contributed by atoms with Crippen LogP contribution in [0.1, 0.15) is 34.1 Å². The average Bonchev–Trinajstić information content (AvgIpc) is 2.42. The molecule has 0 amide bonds. The number of sulfone groups is 1. The maximum Gasteiger partial charge on any atom is 0.216 e. The molecule has 1 unspecified atom stereocenters. The van der Waals surface area contributed by atoms with Gasteiger partial charge in [0.15, 0.2) is 9.84 Å². The highest BCUT2D eigenvalue weighted by Crippen LogP contribution is 2.25. The van der Waals surface area contributed by atoms with Crippen LogP contribution in [0.3, 0.4) is 0 Å². The van der Waals surface area contributed by atoms with Crippen molar-refractivity contribution >= 4 is 19.9 Å². The van der Waals surface area contributed by atoms with Crippen molar-refractivity contribution in [2.75, 3.05) is 11.5 Å². The maximum absolute atomic E-state index is 12.1. The van der Waals surface area contributed by atoms with Crippen molar-refractivity contribution in [2.45, 2.75) is 50.5 Å². The van der Waals surface area contributed by atoms with E-state index in [2.05, 4.69) is 4.72 Å². The number of aliphatic hydroxyl groups is 1. The lowest BCUT2D eigenvalue weighted by Crippen LogP contribution is -2.59. The minimum atomic E-state index is -3.76. The largest absolute Gasteiger partial charge is 0.389 e. The highest BCUT2D eigenvalue weighted by atomic mass is 32.2. The molecule has 6 nitrogen and oxygen atoms in total. The van der Waals surface area contributed by atoms with Gasteiger partial charge < -0.3 is 5.11 Å². The number of nitrogens with one attached hydrogen (secondary N) is 1. The number of rotatable bonds is 4. The van der Waals surface area contributed by atoms with Crippen molar-refractivity contribution in [3.8, 4) is 0 Å². The van der Waals surface area contributed by atoms with Crippen molar-refractivity contribution in [1.29, 1.82) is 0 Å². The molecule has 2 N–H and O–H groups in total. The van der Waals surface area contributed by atoms with Crippen LogP contribution in [0.15, 0.2) is 0 Å². The second kappa shape index (κ2) is 4.43. The highest BCUT2D eigenvalue weighted by Gasteiger charge is 2.43. The summed E-state index contributed by atoms with van der Waals surface area (Å²) in [4.78, 5) is 0. The van der Waals surface area contributed by atoms with Crippen LogP contribution in [0.5, 0.6) is 0 Å². The Kier molecular flexibility index (Phi) is 3.91. The van der Waals surface area contributed by atoms with Gasteiger partial charge in [-0.25, -0.2) is 21.6 Å². The lowest BCUT2D eigenvalue weighted by molar-refractivity contribution is 0.00629. The van der Waals surface area contributed by atoms with Crippen LogP contribution in [-0.2, 0) is 19.9 Å². The van der Waals surface area contributed by atoms with Gasteiger partial charge in [0.25, 0.3) is 0 Å². The fraction of sp³-hybridized carbons (Fsp3) is 1.00. The van der Waals surface area contributed by atoms with Gasteiger partial charge in [0.05, 0.1) is 27.9 Å². The van der Waals surface area contributed by atoms with Gasteiger partial charge in [-0.05, 0) is 34.1 Å². The topological polar surface area (TPSA) is 101 Å². The molecule has 1 saturated heterocycles. The summed E-state index contributed by atoms with van der Waals surface area (Å²) in [7, 11) is -7.01. The molecule has 0 bridgehead atoms. The summed E-state index contributed by atoms with van der Waals surface area (Å²) in [5.41, 5.74) is -2.32. The monoisotopic (exact) mass is 299 g/mol. The Labute approximate surface area is 109 Å². The summed E-state index contributed by atoms with van der Waals surface area (Å²) < 4.78 is 49.2. The molecule has 1 fully saturated rings. The lowest BCUT2D eigenvalue weighted by atomic mass is 9.87. The molecule has 1 heterocycles. The number of hydrogen-bond donors (Lipinski definition) is 2. The molecule has 8 heteroatoms. The van der Waals surface area contributed by atoms with Crippen LogP contribution in [-0.4, -0.2) is 49.8 Å². The second-order valence-electron chi connectivity index (χ2n) is 5.86. The predicted octanol–water partition coefficient (Wildman–Crippen LogP) is -0.358. The second-order valence-corrected chi connectivity index (χ2v) is 10.0. The van der Waals surface area contributed by atoms with Gasteiger partial charge in [0.2, 0.25) is 10.0 Å². The third-order valence-electron chi connectivity index (χ3n) is 3.56. The van der Waals surface area contributed by atoms with Gasteiger partial charge in [-0.15, -0.1) is 0 Å². The van der Waals surface area contributed by atoms with Gasteiger partial charge >= 0.3 is 0 Å². The van der Waals surface area contributed by atoms with E-state index in [9.17, 15) is 21.9 Å². The number of sulfonamides is 1. The highest BCUT2D eigenvalue weighted by molar-refractivity contribution is 7.95. The molecule has 1 rings (SSSR count).